The Bertz CT molecular complexity index is 582. The van der Waals surface area contributed by atoms with Crippen LogP contribution in [0, 0.1) is 11.8 Å². The number of hydrogen-bond acceptors (Lipinski definition) is 4. The number of nitrogens with one attached hydrogen (secondary N) is 1. The van der Waals surface area contributed by atoms with E-state index in [1.165, 1.54) is 6.26 Å². The highest BCUT2D eigenvalue weighted by Crippen LogP contribution is 2.37. The summed E-state index contributed by atoms with van der Waals surface area (Å²) < 4.78 is 23.0. The Morgan fingerprint density at radius 3 is 2.55 bits per heavy atom. The van der Waals surface area contributed by atoms with E-state index in [2.05, 4.69) is 17.1 Å². The second-order valence-electron chi connectivity index (χ2n) is 5.98. The van der Waals surface area contributed by atoms with Gasteiger partial charge >= 0.3 is 0 Å². The number of benzene rings is 1. The molecule has 3 unspecified atom stereocenters. The van der Waals surface area contributed by atoms with Gasteiger partial charge in [0.05, 0.1) is 4.90 Å². The van der Waals surface area contributed by atoms with Crippen LogP contribution in [0.3, 0.4) is 0 Å². The highest BCUT2D eigenvalue weighted by Gasteiger charge is 2.43. The van der Waals surface area contributed by atoms with Crippen molar-refractivity contribution in [3.63, 3.8) is 0 Å². The smallest absolute Gasteiger partial charge is 0.175 e. The minimum atomic E-state index is -3.11. The van der Waals surface area contributed by atoms with E-state index in [0.29, 0.717) is 10.9 Å². The Labute approximate surface area is 121 Å². The van der Waals surface area contributed by atoms with Crippen LogP contribution in [0.25, 0.3) is 0 Å². The predicted octanol–water partition coefficient (Wildman–Crippen LogP) is 1.52. The van der Waals surface area contributed by atoms with E-state index in [9.17, 15) is 8.42 Å². The van der Waals surface area contributed by atoms with E-state index in [1.807, 2.05) is 12.1 Å². The monoisotopic (exact) mass is 294 g/mol. The lowest BCUT2D eigenvalue weighted by atomic mass is 9.93. The Morgan fingerprint density at radius 1 is 1.25 bits per heavy atom. The van der Waals surface area contributed by atoms with Crippen LogP contribution >= 0.6 is 0 Å². The number of hydrogen-bond donors (Lipinski definition) is 1. The van der Waals surface area contributed by atoms with Gasteiger partial charge < -0.3 is 10.2 Å². The van der Waals surface area contributed by atoms with Crippen molar-refractivity contribution in [3.05, 3.63) is 24.3 Å². The first kappa shape index (κ1) is 13.9. The summed E-state index contributed by atoms with van der Waals surface area (Å²) in [5, 5.41) is 3.48. The van der Waals surface area contributed by atoms with E-state index >= 15 is 0 Å². The highest BCUT2D eigenvalue weighted by atomic mass is 32.2. The molecular weight excluding hydrogens is 272 g/mol. The second kappa shape index (κ2) is 5.04. The Balaban J connectivity index is 1.86. The van der Waals surface area contributed by atoms with Gasteiger partial charge in [-0.25, -0.2) is 8.42 Å². The number of anilines is 1. The van der Waals surface area contributed by atoms with Crippen molar-refractivity contribution in [1.82, 2.24) is 5.32 Å². The molecule has 5 heteroatoms. The number of sulfone groups is 1. The minimum absolute atomic E-state index is 0.398. The largest absolute Gasteiger partial charge is 0.368 e. The normalized spacial score (nSPS) is 29.7. The topological polar surface area (TPSA) is 49.4 Å². The van der Waals surface area contributed by atoms with Gasteiger partial charge in [0.25, 0.3) is 0 Å². The van der Waals surface area contributed by atoms with Gasteiger partial charge in [-0.15, -0.1) is 0 Å². The predicted molar refractivity (Wildman–Crippen MR) is 80.8 cm³/mol. The summed E-state index contributed by atoms with van der Waals surface area (Å²) in [5.41, 5.74) is 1.15. The van der Waals surface area contributed by atoms with Crippen LogP contribution in [0.4, 0.5) is 5.69 Å². The first-order valence-electron chi connectivity index (χ1n) is 7.28. The summed E-state index contributed by atoms with van der Waals surface area (Å²) in [6.45, 7) is 5.54. The molecule has 0 spiro atoms. The maximum absolute atomic E-state index is 11.5. The molecule has 2 saturated heterocycles. The maximum atomic E-state index is 11.5. The number of rotatable bonds is 3. The van der Waals surface area contributed by atoms with E-state index < -0.39 is 9.84 Å². The molecule has 2 aliphatic heterocycles. The fraction of sp³-hybridized carbons (Fsp3) is 0.600. The molecule has 110 valence electrons. The van der Waals surface area contributed by atoms with Gasteiger partial charge in [0, 0.05) is 37.6 Å². The summed E-state index contributed by atoms with van der Waals surface area (Å²) in [7, 11) is -3.11. The lowest BCUT2D eigenvalue weighted by molar-refractivity contribution is 0.442. The van der Waals surface area contributed by atoms with Gasteiger partial charge in [-0.05, 0) is 42.5 Å². The molecule has 0 radical (unpaired) electrons. The van der Waals surface area contributed by atoms with Gasteiger partial charge in [-0.3, -0.25) is 0 Å². The third kappa shape index (κ3) is 2.33. The zero-order chi connectivity index (χ0) is 14.3. The fourth-order valence-corrected chi connectivity index (χ4v) is 4.36. The van der Waals surface area contributed by atoms with Crippen LogP contribution in [0.2, 0.25) is 0 Å². The first-order valence-corrected chi connectivity index (χ1v) is 9.17. The van der Waals surface area contributed by atoms with Gasteiger partial charge in [-0.1, -0.05) is 6.92 Å². The van der Waals surface area contributed by atoms with Crippen molar-refractivity contribution >= 4 is 15.5 Å². The van der Waals surface area contributed by atoms with Crippen molar-refractivity contribution in [2.24, 2.45) is 11.8 Å². The van der Waals surface area contributed by atoms with Gasteiger partial charge in [-0.2, -0.15) is 0 Å². The molecule has 0 saturated carbocycles. The number of fused-ring (bicyclic) bond motifs is 1. The molecule has 3 atom stereocenters. The van der Waals surface area contributed by atoms with Gasteiger partial charge in [0.15, 0.2) is 9.84 Å². The van der Waals surface area contributed by atoms with Crippen LogP contribution < -0.4 is 10.2 Å². The summed E-state index contributed by atoms with van der Waals surface area (Å²) in [6, 6.07) is 7.92. The Kier molecular flexibility index (Phi) is 3.50. The molecule has 4 nitrogen and oxygen atoms in total. The molecule has 3 rings (SSSR count). The molecule has 2 heterocycles. The van der Waals surface area contributed by atoms with E-state index in [0.717, 1.165) is 43.6 Å². The summed E-state index contributed by atoms with van der Waals surface area (Å²) in [5.74, 6) is 1.46. The second-order valence-corrected chi connectivity index (χ2v) is 7.99. The van der Waals surface area contributed by atoms with E-state index in [-0.39, 0.29) is 0 Å². The molecular formula is C15H22N2O2S. The zero-order valence-corrected chi connectivity index (χ0v) is 12.9. The third-order valence-electron chi connectivity index (χ3n) is 4.73. The standard InChI is InChI=1S/C15H22N2O2S/c1-3-15-14-9-16-8-11(14)10-17(15)12-4-6-13(7-5-12)20(2,18)19/h4-7,11,14-16H,3,8-10H2,1-2H3. The number of nitrogens with zero attached hydrogens (tertiary/aromatic N) is 1. The van der Waals surface area contributed by atoms with Crippen molar-refractivity contribution in [2.75, 3.05) is 30.8 Å². The van der Waals surface area contributed by atoms with Crippen molar-refractivity contribution < 1.29 is 8.42 Å². The van der Waals surface area contributed by atoms with Crippen molar-refractivity contribution in [3.8, 4) is 0 Å². The van der Waals surface area contributed by atoms with Crippen LogP contribution in [-0.2, 0) is 9.84 Å². The van der Waals surface area contributed by atoms with Crippen molar-refractivity contribution in [2.45, 2.75) is 24.3 Å². The first-order chi connectivity index (χ1) is 9.50. The maximum Gasteiger partial charge on any atom is 0.175 e. The summed E-state index contributed by atoms with van der Waals surface area (Å²) in [4.78, 5) is 2.86. The average molecular weight is 294 g/mol. The van der Waals surface area contributed by atoms with Crippen LogP contribution in [0.1, 0.15) is 13.3 Å². The van der Waals surface area contributed by atoms with Gasteiger partial charge in [0.1, 0.15) is 0 Å². The fourth-order valence-electron chi connectivity index (χ4n) is 3.73. The van der Waals surface area contributed by atoms with Crippen LogP contribution in [-0.4, -0.2) is 40.3 Å². The lowest BCUT2D eigenvalue weighted by Gasteiger charge is -2.29. The third-order valence-corrected chi connectivity index (χ3v) is 5.86. The quantitative estimate of drug-likeness (QED) is 0.918. The van der Waals surface area contributed by atoms with E-state index in [1.54, 1.807) is 12.1 Å². The SMILES string of the molecule is CCC1C2CNCC2CN1c1ccc(S(C)(=O)=O)cc1. The molecule has 0 aromatic heterocycles. The van der Waals surface area contributed by atoms with Crippen LogP contribution in [0.15, 0.2) is 29.2 Å². The molecule has 2 fully saturated rings. The molecule has 2 aliphatic rings. The molecule has 0 amide bonds. The van der Waals surface area contributed by atoms with E-state index in [4.69, 9.17) is 0 Å². The lowest BCUT2D eigenvalue weighted by Crippen LogP contribution is -2.35. The van der Waals surface area contributed by atoms with Crippen molar-refractivity contribution in [1.29, 1.82) is 0 Å². The molecule has 0 bridgehead atoms. The van der Waals surface area contributed by atoms with Gasteiger partial charge in [0.2, 0.25) is 0 Å². The molecule has 0 aliphatic carbocycles. The molecule has 1 aromatic rings. The molecule has 20 heavy (non-hydrogen) atoms. The molecule has 1 aromatic carbocycles. The minimum Gasteiger partial charge on any atom is -0.368 e. The highest BCUT2D eigenvalue weighted by molar-refractivity contribution is 7.90. The van der Waals surface area contributed by atoms with Crippen LogP contribution in [0.5, 0.6) is 0 Å². The summed E-state index contributed by atoms with van der Waals surface area (Å²) >= 11 is 0. The average Bonchev–Trinajstić information content (AvgIpc) is 2.97. The Hall–Kier alpha value is -1.07. The Morgan fingerprint density at radius 2 is 1.95 bits per heavy atom. The molecule has 1 N–H and O–H groups in total. The summed E-state index contributed by atoms with van der Waals surface area (Å²) in [6.07, 6.45) is 2.39. The zero-order valence-electron chi connectivity index (χ0n) is 12.0.